The molecular weight excluding hydrogens is 188 g/mol. The largest absolute Gasteiger partial charge is 0.377 e. The quantitative estimate of drug-likeness (QED) is 0.694. The minimum atomic E-state index is 0.360. The molecule has 2 unspecified atom stereocenters. The molecule has 1 N–H and O–H groups in total. The molecule has 0 amide bonds. The lowest BCUT2D eigenvalue weighted by atomic mass is 10.1. The van der Waals surface area contributed by atoms with Crippen molar-refractivity contribution in [2.45, 2.75) is 51.3 Å². The van der Waals surface area contributed by atoms with Crippen LogP contribution in [-0.2, 0) is 4.74 Å². The Balaban J connectivity index is 1.63. The van der Waals surface area contributed by atoms with Gasteiger partial charge in [-0.25, -0.2) is 0 Å². The zero-order valence-electron chi connectivity index (χ0n) is 10.0. The monoisotopic (exact) mass is 212 g/mol. The van der Waals surface area contributed by atoms with Gasteiger partial charge in [-0.15, -0.1) is 0 Å². The maximum absolute atomic E-state index is 5.54. The van der Waals surface area contributed by atoms with Crippen LogP contribution < -0.4 is 5.32 Å². The van der Waals surface area contributed by atoms with Gasteiger partial charge in [-0.05, 0) is 39.7 Å². The van der Waals surface area contributed by atoms with Crippen LogP contribution in [-0.4, -0.2) is 49.3 Å². The molecular formula is C12H24N2O. The maximum Gasteiger partial charge on any atom is 0.0594 e. The summed E-state index contributed by atoms with van der Waals surface area (Å²) in [5.74, 6) is 0. The summed E-state index contributed by atoms with van der Waals surface area (Å²) in [5.41, 5.74) is 0. The number of hydrogen-bond donors (Lipinski definition) is 1. The Labute approximate surface area is 93.2 Å². The van der Waals surface area contributed by atoms with Crippen LogP contribution in [0.3, 0.4) is 0 Å². The van der Waals surface area contributed by atoms with Crippen molar-refractivity contribution in [3.8, 4) is 0 Å². The summed E-state index contributed by atoms with van der Waals surface area (Å²) >= 11 is 0. The molecule has 0 aromatic carbocycles. The molecule has 2 atom stereocenters. The van der Waals surface area contributed by atoms with Crippen molar-refractivity contribution in [1.82, 2.24) is 10.2 Å². The maximum atomic E-state index is 5.54. The van der Waals surface area contributed by atoms with Gasteiger partial charge in [0.2, 0.25) is 0 Å². The summed E-state index contributed by atoms with van der Waals surface area (Å²) < 4.78 is 5.54. The normalized spacial score (nSPS) is 31.4. The fraction of sp³-hybridized carbons (Fsp3) is 1.00. The van der Waals surface area contributed by atoms with E-state index in [2.05, 4.69) is 24.1 Å². The van der Waals surface area contributed by atoms with Crippen molar-refractivity contribution >= 4 is 0 Å². The number of fused-ring (bicyclic) bond motifs is 1. The highest BCUT2D eigenvalue weighted by molar-refractivity contribution is 4.95. The third-order valence-electron chi connectivity index (χ3n) is 3.57. The van der Waals surface area contributed by atoms with Crippen molar-refractivity contribution in [3.63, 3.8) is 0 Å². The van der Waals surface area contributed by atoms with E-state index in [4.69, 9.17) is 4.74 Å². The third kappa shape index (κ3) is 2.92. The molecule has 0 aromatic heterocycles. The van der Waals surface area contributed by atoms with Gasteiger partial charge < -0.3 is 10.1 Å². The Bertz CT molecular complexity index is 196. The molecule has 3 nitrogen and oxygen atoms in total. The number of rotatable bonds is 5. The van der Waals surface area contributed by atoms with Gasteiger partial charge in [0, 0.05) is 25.2 Å². The number of ether oxygens (including phenoxy) is 1. The highest BCUT2D eigenvalue weighted by Crippen LogP contribution is 2.27. The van der Waals surface area contributed by atoms with Gasteiger partial charge in [-0.1, -0.05) is 0 Å². The van der Waals surface area contributed by atoms with Gasteiger partial charge in [-0.2, -0.15) is 0 Å². The fourth-order valence-corrected chi connectivity index (χ4v) is 2.86. The van der Waals surface area contributed by atoms with Gasteiger partial charge in [0.05, 0.1) is 12.7 Å². The highest BCUT2D eigenvalue weighted by atomic mass is 16.5. The van der Waals surface area contributed by atoms with Crippen LogP contribution in [0.5, 0.6) is 0 Å². The molecule has 0 bridgehead atoms. The van der Waals surface area contributed by atoms with Gasteiger partial charge >= 0.3 is 0 Å². The van der Waals surface area contributed by atoms with E-state index in [1.165, 1.54) is 32.4 Å². The van der Waals surface area contributed by atoms with Crippen molar-refractivity contribution in [1.29, 1.82) is 0 Å². The summed E-state index contributed by atoms with van der Waals surface area (Å²) in [6.07, 6.45) is 4.47. The van der Waals surface area contributed by atoms with E-state index in [0.717, 1.165) is 25.2 Å². The molecule has 3 heteroatoms. The van der Waals surface area contributed by atoms with E-state index in [9.17, 15) is 0 Å². The Hall–Kier alpha value is -0.120. The zero-order chi connectivity index (χ0) is 10.7. The van der Waals surface area contributed by atoms with E-state index in [0.29, 0.717) is 6.10 Å². The van der Waals surface area contributed by atoms with Crippen LogP contribution in [0.2, 0.25) is 0 Å². The molecule has 2 aliphatic heterocycles. The average molecular weight is 212 g/mol. The second-order valence-electron chi connectivity index (χ2n) is 5.01. The van der Waals surface area contributed by atoms with Gasteiger partial charge in [0.1, 0.15) is 0 Å². The molecule has 0 aliphatic carbocycles. The lowest BCUT2D eigenvalue weighted by molar-refractivity contribution is 0.0787. The van der Waals surface area contributed by atoms with Crippen LogP contribution in [0.4, 0.5) is 0 Å². The van der Waals surface area contributed by atoms with Crippen LogP contribution in [0.15, 0.2) is 0 Å². The van der Waals surface area contributed by atoms with Crippen LogP contribution in [0.25, 0.3) is 0 Å². The minimum absolute atomic E-state index is 0.360. The fourth-order valence-electron chi connectivity index (χ4n) is 2.86. The third-order valence-corrected chi connectivity index (χ3v) is 3.57. The molecule has 2 saturated heterocycles. The molecule has 15 heavy (non-hydrogen) atoms. The Morgan fingerprint density at radius 3 is 3.00 bits per heavy atom. The second-order valence-corrected chi connectivity index (χ2v) is 5.01. The Morgan fingerprint density at radius 2 is 2.20 bits per heavy atom. The van der Waals surface area contributed by atoms with E-state index in [1.807, 2.05) is 0 Å². The van der Waals surface area contributed by atoms with E-state index < -0.39 is 0 Å². The molecule has 2 heterocycles. The first-order chi connectivity index (χ1) is 7.27. The van der Waals surface area contributed by atoms with Crippen LogP contribution >= 0.6 is 0 Å². The van der Waals surface area contributed by atoms with Gasteiger partial charge in [-0.3, -0.25) is 4.90 Å². The van der Waals surface area contributed by atoms with E-state index in [1.54, 1.807) is 0 Å². The lowest BCUT2D eigenvalue weighted by Crippen LogP contribution is -2.40. The Morgan fingerprint density at radius 1 is 1.33 bits per heavy atom. The summed E-state index contributed by atoms with van der Waals surface area (Å²) in [4.78, 5) is 2.64. The molecule has 0 aromatic rings. The standard InChI is InChI=1S/C12H24N2O/c1-10(2)15-9-6-13-11-5-8-14-7-3-4-12(11)14/h10-13H,3-9H2,1-2H3. The molecule has 0 saturated carbocycles. The summed E-state index contributed by atoms with van der Waals surface area (Å²) in [5, 5.41) is 3.64. The Kier molecular flexibility index (Phi) is 4.00. The average Bonchev–Trinajstić information content (AvgIpc) is 2.74. The molecule has 0 radical (unpaired) electrons. The summed E-state index contributed by atoms with van der Waals surface area (Å²) in [6.45, 7) is 8.66. The van der Waals surface area contributed by atoms with Gasteiger partial charge in [0.25, 0.3) is 0 Å². The lowest BCUT2D eigenvalue weighted by Gasteiger charge is -2.21. The summed E-state index contributed by atoms with van der Waals surface area (Å²) in [7, 11) is 0. The van der Waals surface area contributed by atoms with Crippen molar-refractivity contribution in [2.24, 2.45) is 0 Å². The summed E-state index contributed by atoms with van der Waals surface area (Å²) in [6, 6.07) is 1.55. The first-order valence-corrected chi connectivity index (χ1v) is 6.36. The minimum Gasteiger partial charge on any atom is -0.377 e. The van der Waals surface area contributed by atoms with Gasteiger partial charge in [0.15, 0.2) is 0 Å². The second kappa shape index (κ2) is 5.28. The predicted octanol–water partition coefficient (Wildman–Crippen LogP) is 1.24. The van der Waals surface area contributed by atoms with E-state index >= 15 is 0 Å². The molecule has 2 aliphatic rings. The first kappa shape index (κ1) is 11.4. The van der Waals surface area contributed by atoms with Crippen molar-refractivity contribution < 1.29 is 4.74 Å². The SMILES string of the molecule is CC(C)OCCNC1CCN2CCCC12. The molecule has 2 fully saturated rings. The highest BCUT2D eigenvalue weighted by Gasteiger charge is 2.36. The molecule has 88 valence electrons. The van der Waals surface area contributed by atoms with Crippen LogP contribution in [0.1, 0.15) is 33.1 Å². The molecule has 2 rings (SSSR count). The smallest absolute Gasteiger partial charge is 0.0594 e. The van der Waals surface area contributed by atoms with Crippen molar-refractivity contribution in [3.05, 3.63) is 0 Å². The van der Waals surface area contributed by atoms with E-state index in [-0.39, 0.29) is 0 Å². The van der Waals surface area contributed by atoms with Crippen LogP contribution in [0, 0.1) is 0 Å². The van der Waals surface area contributed by atoms with Crippen molar-refractivity contribution in [2.75, 3.05) is 26.2 Å². The first-order valence-electron chi connectivity index (χ1n) is 6.36. The number of hydrogen-bond acceptors (Lipinski definition) is 3. The zero-order valence-corrected chi connectivity index (χ0v) is 10.0. The number of nitrogens with zero attached hydrogens (tertiary/aromatic N) is 1. The number of nitrogens with one attached hydrogen (secondary N) is 1. The molecule has 0 spiro atoms. The topological polar surface area (TPSA) is 24.5 Å². The predicted molar refractivity (Wildman–Crippen MR) is 62.1 cm³/mol.